The van der Waals surface area contributed by atoms with E-state index in [4.69, 9.17) is 10.2 Å². The number of furan rings is 1. The molecule has 0 fully saturated rings. The van der Waals surface area contributed by atoms with Crippen molar-refractivity contribution in [3.63, 3.8) is 0 Å². The molecule has 0 radical (unpaired) electrons. The third-order valence-electron chi connectivity index (χ3n) is 1.60. The molecule has 0 atom stereocenters. The average Bonchev–Trinajstić information content (AvgIpc) is 2.86. The van der Waals surface area contributed by atoms with Gasteiger partial charge in [-0.15, -0.1) is 0 Å². The first-order valence-corrected chi connectivity index (χ1v) is 5.81. The van der Waals surface area contributed by atoms with E-state index in [0.717, 1.165) is 21.6 Å². The zero-order chi connectivity index (χ0) is 9.80. The third-order valence-corrected chi connectivity index (χ3v) is 3.42. The van der Waals surface area contributed by atoms with E-state index in [2.05, 4.69) is 9.36 Å². The molecule has 0 bridgehead atoms. The molecule has 0 aliphatic heterocycles. The minimum atomic E-state index is 0.448. The monoisotopic (exact) mass is 227 g/mol. The molecule has 0 saturated carbocycles. The van der Waals surface area contributed by atoms with Gasteiger partial charge < -0.3 is 10.2 Å². The predicted molar refractivity (Wildman–Crippen MR) is 56.1 cm³/mol. The number of nitrogens with two attached hydrogens (primary N) is 1. The van der Waals surface area contributed by atoms with E-state index in [9.17, 15) is 0 Å². The van der Waals surface area contributed by atoms with Crippen LogP contribution in [-0.2, 0) is 12.3 Å². The Labute approximate surface area is 89.7 Å². The van der Waals surface area contributed by atoms with Crippen molar-refractivity contribution in [2.45, 2.75) is 16.6 Å². The highest BCUT2D eigenvalue weighted by atomic mass is 32.2. The molecule has 0 aromatic carbocycles. The molecule has 14 heavy (non-hydrogen) atoms. The molecule has 0 aliphatic rings. The Morgan fingerprint density at radius 3 is 2.93 bits per heavy atom. The molecule has 2 aromatic heterocycles. The van der Waals surface area contributed by atoms with Crippen LogP contribution in [0.1, 0.15) is 11.5 Å². The van der Waals surface area contributed by atoms with Crippen molar-refractivity contribution in [1.29, 1.82) is 0 Å². The summed E-state index contributed by atoms with van der Waals surface area (Å²) in [5, 5.41) is 0. The Hall–Kier alpha value is -0.850. The topological polar surface area (TPSA) is 64.9 Å². The maximum absolute atomic E-state index is 5.44. The Bertz CT molecular complexity index is 385. The summed E-state index contributed by atoms with van der Waals surface area (Å²) in [4.78, 5) is 4.06. The van der Waals surface area contributed by atoms with Gasteiger partial charge in [-0.25, -0.2) is 4.98 Å². The van der Waals surface area contributed by atoms with Crippen LogP contribution < -0.4 is 5.73 Å². The van der Waals surface area contributed by atoms with Crippen molar-refractivity contribution in [3.05, 3.63) is 30.0 Å². The Kier molecular flexibility index (Phi) is 3.18. The lowest BCUT2D eigenvalue weighted by Crippen LogP contribution is -1.92. The first-order valence-electron chi connectivity index (χ1n) is 4.05. The standard InChI is InChI=1S/C8H9N3OS2/c9-3-6-1-2-7(12-6)4-13-8-10-5-11-14-8/h1-2,5H,3-4,9H2. The fourth-order valence-electron chi connectivity index (χ4n) is 0.969. The van der Waals surface area contributed by atoms with E-state index in [1.807, 2.05) is 12.1 Å². The summed E-state index contributed by atoms with van der Waals surface area (Å²) >= 11 is 3.00. The molecule has 2 N–H and O–H groups in total. The van der Waals surface area contributed by atoms with Crippen LogP contribution in [0.5, 0.6) is 0 Å². The molecule has 4 nitrogen and oxygen atoms in total. The fourth-order valence-corrected chi connectivity index (χ4v) is 2.31. The van der Waals surface area contributed by atoms with Gasteiger partial charge in [0.2, 0.25) is 0 Å². The van der Waals surface area contributed by atoms with E-state index in [-0.39, 0.29) is 0 Å². The third kappa shape index (κ3) is 2.34. The smallest absolute Gasteiger partial charge is 0.170 e. The summed E-state index contributed by atoms with van der Waals surface area (Å²) in [6.45, 7) is 0.448. The van der Waals surface area contributed by atoms with E-state index in [0.29, 0.717) is 6.54 Å². The maximum Gasteiger partial charge on any atom is 0.170 e. The fraction of sp³-hybridized carbons (Fsp3) is 0.250. The SMILES string of the molecule is NCc1ccc(CSc2ncns2)o1. The number of aromatic nitrogens is 2. The van der Waals surface area contributed by atoms with Gasteiger partial charge in [-0.2, -0.15) is 4.37 Å². The number of thioether (sulfide) groups is 1. The minimum Gasteiger partial charge on any atom is -0.464 e. The van der Waals surface area contributed by atoms with Gasteiger partial charge in [0.05, 0.1) is 12.3 Å². The molecular weight excluding hydrogens is 218 g/mol. The molecule has 2 rings (SSSR count). The van der Waals surface area contributed by atoms with Crippen LogP contribution in [0.15, 0.2) is 27.2 Å². The van der Waals surface area contributed by atoms with E-state index >= 15 is 0 Å². The lowest BCUT2D eigenvalue weighted by molar-refractivity contribution is 0.482. The number of rotatable bonds is 4. The second kappa shape index (κ2) is 4.59. The lowest BCUT2D eigenvalue weighted by Gasteiger charge is -1.93. The molecule has 0 amide bonds. The summed E-state index contributed by atoms with van der Waals surface area (Å²) in [5.74, 6) is 2.51. The predicted octanol–water partition coefficient (Wildman–Crippen LogP) is 1.88. The van der Waals surface area contributed by atoms with Crippen molar-refractivity contribution in [2.24, 2.45) is 5.73 Å². The van der Waals surface area contributed by atoms with Crippen LogP contribution in [0, 0.1) is 0 Å². The first kappa shape index (κ1) is 9.70. The molecule has 2 aromatic rings. The van der Waals surface area contributed by atoms with Gasteiger partial charge >= 0.3 is 0 Å². The van der Waals surface area contributed by atoms with Crippen molar-refractivity contribution in [1.82, 2.24) is 9.36 Å². The zero-order valence-corrected chi connectivity index (χ0v) is 8.98. The largest absolute Gasteiger partial charge is 0.464 e. The summed E-state index contributed by atoms with van der Waals surface area (Å²) in [6.07, 6.45) is 1.56. The number of hydrogen-bond donors (Lipinski definition) is 1. The Morgan fingerprint density at radius 2 is 2.29 bits per heavy atom. The molecule has 0 saturated heterocycles. The van der Waals surface area contributed by atoms with E-state index in [1.54, 1.807) is 18.1 Å². The van der Waals surface area contributed by atoms with Crippen molar-refractivity contribution < 1.29 is 4.42 Å². The van der Waals surface area contributed by atoms with Crippen LogP contribution in [-0.4, -0.2) is 9.36 Å². The van der Waals surface area contributed by atoms with Crippen LogP contribution in [0.2, 0.25) is 0 Å². The highest BCUT2D eigenvalue weighted by Gasteiger charge is 2.03. The minimum absolute atomic E-state index is 0.448. The molecule has 0 aliphatic carbocycles. The van der Waals surface area contributed by atoms with Gasteiger partial charge in [0.15, 0.2) is 4.34 Å². The van der Waals surface area contributed by atoms with Gasteiger partial charge in [-0.3, -0.25) is 0 Å². The Morgan fingerprint density at radius 1 is 1.43 bits per heavy atom. The quantitative estimate of drug-likeness (QED) is 0.808. The summed E-state index contributed by atoms with van der Waals surface area (Å²) < 4.78 is 10.3. The van der Waals surface area contributed by atoms with Gasteiger partial charge in [-0.05, 0) is 23.7 Å². The van der Waals surface area contributed by atoms with Crippen molar-refractivity contribution >= 4 is 23.3 Å². The molecule has 2 heterocycles. The lowest BCUT2D eigenvalue weighted by atomic mass is 10.4. The second-order valence-electron chi connectivity index (χ2n) is 2.57. The first-order chi connectivity index (χ1) is 6.88. The number of hydrogen-bond acceptors (Lipinski definition) is 6. The normalized spacial score (nSPS) is 10.6. The highest BCUT2D eigenvalue weighted by Crippen LogP contribution is 2.23. The molecular formula is C8H9N3OS2. The van der Waals surface area contributed by atoms with Gasteiger partial charge in [0, 0.05) is 0 Å². The van der Waals surface area contributed by atoms with Crippen LogP contribution in [0.4, 0.5) is 0 Å². The van der Waals surface area contributed by atoms with Gasteiger partial charge in [-0.1, -0.05) is 11.8 Å². The molecule has 0 spiro atoms. The summed E-state index contributed by atoms with van der Waals surface area (Å²) in [7, 11) is 0. The van der Waals surface area contributed by atoms with Gasteiger partial charge in [0.25, 0.3) is 0 Å². The second-order valence-corrected chi connectivity index (χ2v) is 4.57. The summed E-state index contributed by atoms with van der Waals surface area (Å²) in [5.41, 5.74) is 5.43. The highest BCUT2D eigenvalue weighted by molar-refractivity contribution is 8.00. The van der Waals surface area contributed by atoms with Crippen molar-refractivity contribution in [3.8, 4) is 0 Å². The number of nitrogens with zero attached hydrogens (tertiary/aromatic N) is 2. The van der Waals surface area contributed by atoms with Crippen LogP contribution >= 0.6 is 23.3 Å². The van der Waals surface area contributed by atoms with Crippen LogP contribution in [0.25, 0.3) is 0 Å². The average molecular weight is 227 g/mol. The Balaban J connectivity index is 1.92. The molecule has 6 heteroatoms. The van der Waals surface area contributed by atoms with Crippen molar-refractivity contribution in [2.75, 3.05) is 0 Å². The van der Waals surface area contributed by atoms with Gasteiger partial charge in [0.1, 0.15) is 17.8 Å². The molecule has 0 unspecified atom stereocenters. The van der Waals surface area contributed by atoms with Crippen LogP contribution in [0.3, 0.4) is 0 Å². The van der Waals surface area contributed by atoms with E-state index in [1.165, 1.54) is 11.5 Å². The maximum atomic E-state index is 5.44. The molecule has 74 valence electrons. The zero-order valence-electron chi connectivity index (χ0n) is 7.34. The summed E-state index contributed by atoms with van der Waals surface area (Å²) in [6, 6.07) is 3.84. The van der Waals surface area contributed by atoms with E-state index < -0.39 is 0 Å².